The van der Waals surface area contributed by atoms with Gasteiger partial charge in [0.2, 0.25) is 5.89 Å². The van der Waals surface area contributed by atoms with Gasteiger partial charge in [-0.05, 0) is 24.3 Å². The number of carboxylic acid groups (broad SMARTS) is 1. The van der Waals surface area contributed by atoms with Gasteiger partial charge in [0, 0.05) is 31.6 Å². The number of hydrogen-bond donors (Lipinski definition) is 3. The van der Waals surface area contributed by atoms with Crippen molar-refractivity contribution in [1.29, 1.82) is 0 Å². The normalized spacial score (nSPS) is 10.8. The molecule has 0 atom stereocenters. The molecular formula is C18H17N3O5. The number of nitrogens with two attached hydrogens (primary N) is 1. The Kier molecular flexibility index (Phi) is 4.49. The van der Waals surface area contributed by atoms with Crippen molar-refractivity contribution in [3.05, 3.63) is 53.5 Å². The summed E-state index contributed by atoms with van der Waals surface area (Å²) in [5.74, 6) is -0.513. The van der Waals surface area contributed by atoms with E-state index in [9.17, 15) is 19.8 Å². The van der Waals surface area contributed by atoms with Gasteiger partial charge in [-0.1, -0.05) is 0 Å². The number of phenols is 1. The van der Waals surface area contributed by atoms with Crippen molar-refractivity contribution in [2.75, 3.05) is 5.73 Å². The van der Waals surface area contributed by atoms with Crippen LogP contribution >= 0.6 is 0 Å². The smallest absolute Gasteiger partial charge is 0.340 e. The average molecular weight is 355 g/mol. The van der Waals surface area contributed by atoms with Crippen molar-refractivity contribution < 1.29 is 24.2 Å². The Morgan fingerprint density at radius 1 is 1.27 bits per heavy atom. The van der Waals surface area contributed by atoms with E-state index in [1.54, 1.807) is 19.2 Å². The molecule has 3 rings (SSSR count). The fourth-order valence-corrected chi connectivity index (χ4v) is 2.61. The second-order valence-electron chi connectivity index (χ2n) is 5.82. The maximum absolute atomic E-state index is 12.4. The van der Waals surface area contributed by atoms with Gasteiger partial charge in [0.05, 0.1) is 11.8 Å². The van der Waals surface area contributed by atoms with Gasteiger partial charge < -0.3 is 24.9 Å². The molecule has 0 bridgehead atoms. The first kappa shape index (κ1) is 17.3. The fraction of sp³-hybridized carbons (Fsp3) is 0.167. The highest BCUT2D eigenvalue weighted by molar-refractivity contribution is 6.08. The SMILES string of the molecule is Cn1cc(C(=O)CCc2cnc(-c3ccc(O)cc3)o2)c(C(=O)O)c1N. The number of nitrogen functional groups attached to an aromatic ring is 1. The minimum atomic E-state index is -1.24. The Balaban J connectivity index is 1.72. The molecule has 0 aliphatic rings. The number of phenolic OH excluding ortho intramolecular Hbond substituents is 1. The number of carbonyl (C=O) groups is 2. The Labute approximate surface area is 148 Å². The van der Waals surface area contributed by atoms with Crippen LogP contribution in [0.15, 0.2) is 41.1 Å². The first-order valence-corrected chi connectivity index (χ1v) is 7.82. The number of aromatic carboxylic acids is 1. The maximum atomic E-state index is 12.4. The summed E-state index contributed by atoms with van der Waals surface area (Å²) in [6.07, 6.45) is 3.28. The highest BCUT2D eigenvalue weighted by Gasteiger charge is 2.23. The molecule has 0 spiro atoms. The van der Waals surface area contributed by atoms with Crippen LogP contribution in [0, 0.1) is 0 Å². The lowest BCUT2D eigenvalue weighted by molar-refractivity contribution is 0.0693. The van der Waals surface area contributed by atoms with E-state index in [-0.39, 0.29) is 41.3 Å². The lowest BCUT2D eigenvalue weighted by Gasteiger charge is -2.00. The molecule has 8 nitrogen and oxygen atoms in total. The van der Waals surface area contributed by atoms with Crippen molar-refractivity contribution >= 4 is 17.6 Å². The van der Waals surface area contributed by atoms with Gasteiger partial charge in [-0.15, -0.1) is 0 Å². The number of oxazole rings is 1. The van der Waals surface area contributed by atoms with Crippen LogP contribution in [0.1, 0.15) is 32.9 Å². The first-order valence-electron chi connectivity index (χ1n) is 7.82. The zero-order chi connectivity index (χ0) is 18.8. The van der Waals surface area contributed by atoms with Gasteiger partial charge in [0.15, 0.2) is 5.78 Å². The van der Waals surface area contributed by atoms with Crippen molar-refractivity contribution in [2.45, 2.75) is 12.8 Å². The lowest BCUT2D eigenvalue weighted by Crippen LogP contribution is -2.09. The highest BCUT2D eigenvalue weighted by Crippen LogP contribution is 2.24. The van der Waals surface area contributed by atoms with Gasteiger partial charge in [0.25, 0.3) is 0 Å². The number of anilines is 1. The van der Waals surface area contributed by atoms with E-state index in [0.717, 1.165) is 0 Å². The van der Waals surface area contributed by atoms with Crippen LogP contribution in [0.3, 0.4) is 0 Å². The number of Topliss-reactive ketones (excluding diaryl/α,β-unsaturated/α-hetero) is 1. The number of hydrogen-bond acceptors (Lipinski definition) is 6. The maximum Gasteiger partial charge on any atom is 0.340 e. The second-order valence-corrected chi connectivity index (χ2v) is 5.82. The zero-order valence-corrected chi connectivity index (χ0v) is 14.0. The van der Waals surface area contributed by atoms with Crippen molar-refractivity contribution in [2.24, 2.45) is 7.05 Å². The van der Waals surface area contributed by atoms with Crippen molar-refractivity contribution in [3.8, 4) is 17.2 Å². The highest BCUT2D eigenvalue weighted by atomic mass is 16.4. The van der Waals surface area contributed by atoms with Crippen LogP contribution in [-0.4, -0.2) is 31.5 Å². The van der Waals surface area contributed by atoms with Crippen LogP contribution in [0.5, 0.6) is 5.75 Å². The minimum Gasteiger partial charge on any atom is -0.508 e. The zero-order valence-electron chi connectivity index (χ0n) is 14.0. The third kappa shape index (κ3) is 3.30. The minimum absolute atomic E-state index is 0.0372. The molecule has 26 heavy (non-hydrogen) atoms. The van der Waals surface area contributed by atoms with E-state index in [2.05, 4.69) is 4.98 Å². The van der Waals surface area contributed by atoms with Gasteiger partial charge in [-0.2, -0.15) is 0 Å². The van der Waals surface area contributed by atoms with Crippen LogP contribution in [0.4, 0.5) is 5.82 Å². The molecule has 8 heteroatoms. The van der Waals surface area contributed by atoms with E-state index >= 15 is 0 Å². The molecule has 0 fully saturated rings. The number of ketones is 1. The molecule has 2 heterocycles. The van der Waals surface area contributed by atoms with Crippen LogP contribution in [-0.2, 0) is 13.5 Å². The number of aromatic hydroxyl groups is 1. The number of nitrogens with zero attached hydrogens (tertiary/aromatic N) is 2. The molecule has 0 unspecified atom stereocenters. The summed E-state index contributed by atoms with van der Waals surface area (Å²) >= 11 is 0. The lowest BCUT2D eigenvalue weighted by atomic mass is 10.0. The van der Waals surface area contributed by atoms with E-state index in [0.29, 0.717) is 17.2 Å². The van der Waals surface area contributed by atoms with Crippen LogP contribution < -0.4 is 5.73 Å². The van der Waals surface area contributed by atoms with E-state index < -0.39 is 5.97 Å². The van der Waals surface area contributed by atoms with E-state index in [1.807, 2.05) is 0 Å². The molecule has 0 aliphatic heterocycles. The number of carbonyl (C=O) groups excluding carboxylic acids is 1. The number of aromatic nitrogens is 2. The van der Waals surface area contributed by atoms with Crippen LogP contribution in [0.2, 0.25) is 0 Å². The number of carboxylic acids is 1. The summed E-state index contributed by atoms with van der Waals surface area (Å²) in [6, 6.07) is 6.38. The predicted molar refractivity (Wildman–Crippen MR) is 93.0 cm³/mol. The Hall–Kier alpha value is -3.55. The van der Waals surface area contributed by atoms with Gasteiger partial charge in [0.1, 0.15) is 22.9 Å². The average Bonchev–Trinajstić information content (AvgIpc) is 3.19. The van der Waals surface area contributed by atoms with E-state index in [4.69, 9.17) is 10.2 Å². The van der Waals surface area contributed by atoms with Crippen LogP contribution in [0.25, 0.3) is 11.5 Å². The molecule has 4 N–H and O–H groups in total. The van der Waals surface area contributed by atoms with Gasteiger partial charge in [-0.25, -0.2) is 9.78 Å². The first-order chi connectivity index (χ1) is 12.4. The molecule has 3 aromatic rings. The quantitative estimate of drug-likeness (QED) is 0.579. The molecule has 134 valence electrons. The summed E-state index contributed by atoms with van der Waals surface area (Å²) < 4.78 is 7.02. The van der Waals surface area contributed by atoms with Gasteiger partial charge in [-0.3, -0.25) is 4.79 Å². The summed E-state index contributed by atoms with van der Waals surface area (Å²) in [5.41, 5.74) is 6.31. The van der Waals surface area contributed by atoms with Crippen molar-refractivity contribution in [3.63, 3.8) is 0 Å². The third-order valence-electron chi connectivity index (χ3n) is 4.01. The third-order valence-corrected chi connectivity index (χ3v) is 4.01. The fourth-order valence-electron chi connectivity index (χ4n) is 2.61. The molecule has 1 aromatic carbocycles. The molecule has 0 saturated heterocycles. The Morgan fingerprint density at radius 3 is 2.62 bits per heavy atom. The monoisotopic (exact) mass is 355 g/mol. The predicted octanol–water partition coefficient (Wildman–Crippen LogP) is 2.48. The molecular weight excluding hydrogens is 338 g/mol. The van der Waals surface area contributed by atoms with E-state index in [1.165, 1.54) is 29.1 Å². The number of aryl methyl sites for hydroxylation is 2. The largest absolute Gasteiger partial charge is 0.508 e. The summed E-state index contributed by atoms with van der Waals surface area (Å²) in [7, 11) is 1.58. The second kappa shape index (κ2) is 6.75. The van der Waals surface area contributed by atoms with Gasteiger partial charge >= 0.3 is 5.97 Å². The number of rotatable bonds is 6. The molecule has 0 radical (unpaired) electrons. The summed E-state index contributed by atoms with van der Waals surface area (Å²) in [4.78, 5) is 27.9. The van der Waals surface area contributed by atoms with Crippen molar-refractivity contribution in [1.82, 2.24) is 9.55 Å². The number of benzene rings is 1. The Morgan fingerprint density at radius 2 is 1.96 bits per heavy atom. The molecule has 0 saturated carbocycles. The standard InChI is InChI=1S/C18H17N3O5/c1-21-9-13(15(16(21)19)18(24)25)14(23)7-6-12-8-20-17(26-12)10-2-4-11(22)5-3-10/h2-5,8-9,22H,6-7,19H2,1H3,(H,24,25). The molecule has 0 aliphatic carbocycles. The summed E-state index contributed by atoms with van der Waals surface area (Å²) in [5, 5.41) is 18.6. The molecule has 0 amide bonds. The Bertz CT molecular complexity index is 969. The molecule has 2 aromatic heterocycles. The topological polar surface area (TPSA) is 132 Å². The summed E-state index contributed by atoms with van der Waals surface area (Å²) in [6.45, 7) is 0.